The molecule has 0 unspecified atom stereocenters. The number of halogens is 2. The second-order valence-corrected chi connectivity index (χ2v) is 5.86. The summed E-state index contributed by atoms with van der Waals surface area (Å²) in [5.41, 5.74) is 2.34. The van der Waals surface area contributed by atoms with Gasteiger partial charge in [0.25, 0.3) is 0 Å². The van der Waals surface area contributed by atoms with E-state index in [0.29, 0.717) is 44.5 Å². The summed E-state index contributed by atoms with van der Waals surface area (Å²) in [7, 11) is 1.47. The Hall–Kier alpha value is -2.41. The fraction of sp³-hybridized carbons (Fsp3) is 0.105. The van der Waals surface area contributed by atoms with Crippen LogP contribution in [0.2, 0.25) is 10.0 Å². The van der Waals surface area contributed by atoms with Crippen LogP contribution in [-0.4, -0.2) is 12.2 Å². The van der Waals surface area contributed by atoms with Gasteiger partial charge in [0.15, 0.2) is 11.5 Å². The van der Waals surface area contributed by atoms with Crippen LogP contribution in [0.25, 0.3) is 11.6 Å². The molecule has 0 saturated carbocycles. The van der Waals surface area contributed by atoms with Crippen molar-refractivity contribution in [2.75, 3.05) is 7.11 Å². The fourth-order valence-electron chi connectivity index (χ4n) is 2.28. The first-order chi connectivity index (χ1) is 11.5. The minimum atomic E-state index is 0.0672. The van der Waals surface area contributed by atoms with E-state index in [1.54, 1.807) is 42.5 Å². The molecule has 5 heteroatoms. The van der Waals surface area contributed by atoms with Gasteiger partial charge in [0.05, 0.1) is 23.8 Å². The molecule has 3 nitrogen and oxygen atoms in total. The van der Waals surface area contributed by atoms with E-state index in [1.807, 2.05) is 0 Å². The monoisotopic (exact) mass is 359 g/mol. The number of allylic oxidation sites excluding steroid dienone is 2. The van der Waals surface area contributed by atoms with Crippen LogP contribution in [0.1, 0.15) is 16.7 Å². The van der Waals surface area contributed by atoms with E-state index in [-0.39, 0.29) is 5.75 Å². The van der Waals surface area contributed by atoms with Crippen molar-refractivity contribution >= 4 is 34.9 Å². The van der Waals surface area contributed by atoms with Crippen LogP contribution < -0.4 is 4.74 Å². The minimum absolute atomic E-state index is 0.0672. The SMILES string of the molecule is C=CCc1cc(/C=C(\C#N)c2ccc(Cl)cc2Cl)cc(OC)c1O. The van der Waals surface area contributed by atoms with Crippen LogP contribution in [0, 0.1) is 11.3 Å². The number of aromatic hydroxyl groups is 1. The predicted molar refractivity (Wildman–Crippen MR) is 98.5 cm³/mol. The molecule has 0 aliphatic rings. The Kier molecular flexibility index (Phi) is 5.92. The van der Waals surface area contributed by atoms with Gasteiger partial charge in [0, 0.05) is 16.1 Å². The molecule has 0 spiro atoms. The number of nitrogens with zero attached hydrogens (tertiary/aromatic N) is 1. The third-order valence-corrected chi connectivity index (χ3v) is 3.96. The zero-order chi connectivity index (χ0) is 17.7. The first-order valence-corrected chi connectivity index (χ1v) is 7.83. The number of ether oxygens (including phenoxy) is 1. The van der Waals surface area contributed by atoms with E-state index in [9.17, 15) is 10.4 Å². The molecule has 0 aromatic heterocycles. The molecule has 2 rings (SSSR count). The van der Waals surface area contributed by atoms with Gasteiger partial charge in [0.1, 0.15) is 0 Å². The molecule has 0 heterocycles. The van der Waals surface area contributed by atoms with Gasteiger partial charge >= 0.3 is 0 Å². The second-order valence-electron chi connectivity index (χ2n) is 5.02. The van der Waals surface area contributed by atoms with E-state index < -0.39 is 0 Å². The average Bonchev–Trinajstić information content (AvgIpc) is 2.56. The largest absolute Gasteiger partial charge is 0.504 e. The number of phenols is 1. The van der Waals surface area contributed by atoms with Crippen molar-refractivity contribution < 1.29 is 9.84 Å². The predicted octanol–water partition coefficient (Wildman–Crippen LogP) is 5.50. The maximum atomic E-state index is 10.1. The molecule has 2 aromatic rings. The van der Waals surface area contributed by atoms with E-state index in [2.05, 4.69) is 12.6 Å². The van der Waals surface area contributed by atoms with Crippen LogP contribution in [-0.2, 0) is 6.42 Å². The molecule has 2 aromatic carbocycles. The zero-order valence-electron chi connectivity index (χ0n) is 13.0. The third kappa shape index (κ3) is 3.91. The summed E-state index contributed by atoms with van der Waals surface area (Å²) in [5.74, 6) is 0.401. The molecule has 0 radical (unpaired) electrons. The Morgan fingerprint density at radius 1 is 1.33 bits per heavy atom. The summed E-state index contributed by atoms with van der Waals surface area (Å²) in [6.07, 6.45) is 3.85. The highest BCUT2D eigenvalue weighted by Crippen LogP contribution is 2.34. The van der Waals surface area contributed by atoms with Crippen molar-refractivity contribution in [3.63, 3.8) is 0 Å². The molecular formula is C19H15Cl2NO2. The first kappa shape index (κ1) is 17.9. The van der Waals surface area contributed by atoms with Gasteiger partial charge < -0.3 is 9.84 Å². The lowest BCUT2D eigenvalue weighted by molar-refractivity contribution is 0.371. The average molecular weight is 360 g/mol. The fourth-order valence-corrected chi connectivity index (χ4v) is 2.79. The molecule has 0 atom stereocenters. The van der Waals surface area contributed by atoms with Crippen LogP contribution in [0.15, 0.2) is 43.0 Å². The van der Waals surface area contributed by atoms with Gasteiger partial charge in [-0.05, 0) is 42.3 Å². The summed E-state index contributed by atoms with van der Waals surface area (Å²) >= 11 is 12.1. The topological polar surface area (TPSA) is 53.2 Å². The number of hydrogen-bond donors (Lipinski definition) is 1. The van der Waals surface area contributed by atoms with Crippen molar-refractivity contribution in [1.82, 2.24) is 0 Å². The summed E-state index contributed by atoms with van der Waals surface area (Å²) in [4.78, 5) is 0. The lowest BCUT2D eigenvalue weighted by atomic mass is 10.0. The molecule has 0 aliphatic carbocycles. The quantitative estimate of drug-likeness (QED) is 0.435. The lowest BCUT2D eigenvalue weighted by Gasteiger charge is -2.10. The molecule has 0 saturated heterocycles. The Labute approximate surface area is 151 Å². The van der Waals surface area contributed by atoms with Crippen molar-refractivity contribution in [2.24, 2.45) is 0 Å². The second kappa shape index (κ2) is 7.92. The molecule has 122 valence electrons. The number of rotatable bonds is 5. The molecule has 24 heavy (non-hydrogen) atoms. The first-order valence-electron chi connectivity index (χ1n) is 7.08. The Balaban J connectivity index is 2.57. The number of nitriles is 1. The summed E-state index contributed by atoms with van der Waals surface area (Å²) in [6, 6.07) is 10.5. The summed E-state index contributed by atoms with van der Waals surface area (Å²) < 4.78 is 5.19. The molecule has 0 fully saturated rings. The minimum Gasteiger partial charge on any atom is -0.504 e. The van der Waals surface area contributed by atoms with Crippen molar-refractivity contribution in [1.29, 1.82) is 5.26 Å². The smallest absolute Gasteiger partial charge is 0.161 e. The van der Waals surface area contributed by atoms with Crippen molar-refractivity contribution in [3.05, 3.63) is 69.7 Å². The molecular weight excluding hydrogens is 345 g/mol. The van der Waals surface area contributed by atoms with Gasteiger partial charge in [0.2, 0.25) is 0 Å². The molecule has 0 aliphatic heterocycles. The maximum Gasteiger partial charge on any atom is 0.161 e. The summed E-state index contributed by atoms with van der Waals surface area (Å²) in [6.45, 7) is 3.68. The van der Waals surface area contributed by atoms with Crippen LogP contribution in [0.3, 0.4) is 0 Å². The standard InChI is InChI=1S/C19H15Cl2NO2/c1-3-4-13-7-12(9-18(24-2)19(13)23)8-14(11-22)16-6-5-15(20)10-17(16)21/h3,5-10,23H,1,4H2,2H3/b14-8+. The summed E-state index contributed by atoms with van der Waals surface area (Å²) in [5, 5.41) is 20.5. The van der Waals surface area contributed by atoms with E-state index >= 15 is 0 Å². The normalized spacial score (nSPS) is 11.0. The highest BCUT2D eigenvalue weighted by molar-refractivity contribution is 6.36. The Morgan fingerprint density at radius 2 is 2.08 bits per heavy atom. The van der Waals surface area contributed by atoms with Gasteiger partial charge in [-0.3, -0.25) is 0 Å². The Bertz CT molecular complexity index is 851. The third-order valence-electron chi connectivity index (χ3n) is 3.41. The maximum absolute atomic E-state index is 10.1. The number of phenolic OH excluding ortho intramolecular Hbond substituents is 1. The van der Waals surface area contributed by atoms with E-state index in [0.717, 1.165) is 0 Å². The van der Waals surface area contributed by atoms with Gasteiger partial charge in [-0.1, -0.05) is 35.3 Å². The van der Waals surface area contributed by atoms with Crippen molar-refractivity contribution in [2.45, 2.75) is 6.42 Å². The molecule has 0 amide bonds. The van der Waals surface area contributed by atoms with E-state index in [1.165, 1.54) is 7.11 Å². The lowest BCUT2D eigenvalue weighted by Crippen LogP contribution is -1.91. The highest BCUT2D eigenvalue weighted by Gasteiger charge is 2.11. The van der Waals surface area contributed by atoms with Gasteiger partial charge in [-0.25, -0.2) is 0 Å². The molecule has 1 N–H and O–H groups in total. The van der Waals surface area contributed by atoms with Gasteiger partial charge in [-0.2, -0.15) is 5.26 Å². The number of methoxy groups -OCH3 is 1. The van der Waals surface area contributed by atoms with E-state index in [4.69, 9.17) is 27.9 Å². The van der Waals surface area contributed by atoms with Crippen LogP contribution >= 0.6 is 23.2 Å². The molecule has 0 bridgehead atoms. The van der Waals surface area contributed by atoms with Crippen LogP contribution in [0.5, 0.6) is 11.5 Å². The highest BCUT2D eigenvalue weighted by atomic mass is 35.5. The van der Waals surface area contributed by atoms with Crippen LogP contribution in [0.4, 0.5) is 0 Å². The number of benzene rings is 2. The Morgan fingerprint density at radius 3 is 2.67 bits per heavy atom. The van der Waals surface area contributed by atoms with Crippen molar-refractivity contribution in [3.8, 4) is 17.6 Å². The van der Waals surface area contributed by atoms with Gasteiger partial charge in [-0.15, -0.1) is 6.58 Å². The zero-order valence-corrected chi connectivity index (χ0v) is 14.5. The number of hydrogen-bond acceptors (Lipinski definition) is 3.